The fourth-order valence-corrected chi connectivity index (χ4v) is 4.81. The molecule has 2 aromatic rings. The minimum Gasteiger partial charge on any atom is -0.497 e. The number of hydrogen-bond donors (Lipinski definition) is 0. The van der Waals surface area contributed by atoms with Crippen LogP contribution in [-0.4, -0.2) is 29.1 Å². The van der Waals surface area contributed by atoms with E-state index in [2.05, 4.69) is 64.2 Å². The summed E-state index contributed by atoms with van der Waals surface area (Å²) in [5.74, 6) is 1.49. The van der Waals surface area contributed by atoms with E-state index in [1.54, 1.807) is 7.11 Å². The Hall–Kier alpha value is -1.39. The Balaban J connectivity index is 1.57. The van der Waals surface area contributed by atoms with E-state index in [0.29, 0.717) is 17.5 Å². The molecule has 2 aliphatic rings. The van der Waals surface area contributed by atoms with Crippen molar-refractivity contribution >= 4 is 15.9 Å². The van der Waals surface area contributed by atoms with Gasteiger partial charge in [-0.15, -0.1) is 0 Å². The summed E-state index contributed by atoms with van der Waals surface area (Å²) in [6.07, 6.45) is 3.80. The number of halogens is 1. The Labute approximate surface area is 152 Å². The summed E-state index contributed by atoms with van der Waals surface area (Å²) in [5.41, 5.74) is 2.91. The lowest BCUT2D eigenvalue weighted by Gasteiger charge is -2.32. The molecule has 1 aromatic carbocycles. The highest BCUT2D eigenvalue weighted by molar-refractivity contribution is 9.10. The van der Waals surface area contributed by atoms with Gasteiger partial charge in [0, 0.05) is 23.2 Å². The second-order valence-electron chi connectivity index (χ2n) is 6.99. The number of methoxy groups -OCH3 is 1. The molecule has 0 bridgehead atoms. The Morgan fingerprint density at radius 1 is 1.25 bits per heavy atom. The first-order chi connectivity index (χ1) is 11.6. The lowest BCUT2D eigenvalue weighted by Crippen LogP contribution is -2.35. The highest BCUT2D eigenvalue weighted by Crippen LogP contribution is 2.62. The van der Waals surface area contributed by atoms with Crippen molar-refractivity contribution in [2.75, 3.05) is 13.7 Å². The van der Waals surface area contributed by atoms with Crippen LogP contribution in [-0.2, 0) is 0 Å². The predicted molar refractivity (Wildman–Crippen MR) is 99.4 cm³/mol. The van der Waals surface area contributed by atoms with E-state index in [1.807, 2.05) is 6.07 Å². The van der Waals surface area contributed by atoms with Crippen molar-refractivity contribution in [3.63, 3.8) is 0 Å². The smallest absolute Gasteiger partial charge is 0.118 e. The van der Waals surface area contributed by atoms with Crippen LogP contribution in [0.3, 0.4) is 0 Å². The quantitative estimate of drug-likeness (QED) is 0.696. The Morgan fingerprint density at radius 3 is 2.75 bits per heavy atom. The number of likely N-dealkylation sites (tertiary alicyclic amines) is 1. The van der Waals surface area contributed by atoms with Gasteiger partial charge in [-0.05, 0) is 78.5 Å². The summed E-state index contributed by atoms with van der Waals surface area (Å²) in [6.45, 7) is 3.51. The van der Waals surface area contributed by atoms with Gasteiger partial charge in [-0.3, -0.25) is 4.90 Å². The van der Waals surface area contributed by atoms with E-state index in [-0.39, 0.29) is 0 Å². The van der Waals surface area contributed by atoms with Crippen LogP contribution in [0.2, 0.25) is 0 Å². The highest BCUT2D eigenvalue weighted by Gasteiger charge is 2.61. The number of aromatic nitrogens is 1. The SMILES string of the molecule is COc1ccc([C@H](C)N2CCCC23C[C@@H]3c2cccc(Br)n2)cc1. The van der Waals surface area contributed by atoms with E-state index in [9.17, 15) is 0 Å². The molecular formula is C20H23BrN2O. The molecule has 0 amide bonds. The first-order valence-corrected chi connectivity index (χ1v) is 9.46. The van der Waals surface area contributed by atoms with Gasteiger partial charge >= 0.3 is 0 Å². The maximum Gasteiger partial charge on any atom is 0.118 e. The summed E-state index contributed by atoms with van der Waals surface area (Å²) >= 11 is 3.51. The number of pyridine rings is 1. The summed E-state index contributed by atoms with van der Waals surface area (Å²) in [7, 11) is 1.72. The normalized spacial score (nSPS) is 27.4. The van der Waals surface area contributed by atoms with Crippen LogP contribution in [0, 0.1) is 0 Å². The second-order valence-corrected chi connectivity index (χ2v) is 7.80. The molecule has 126 valence electrons. The molecule has 1 aliphatic carbocycles. The van der Waals surface area contributed by atoms with Crippen molar-refractivity contribution in [1.82, 2.24) is 9.88 Å². The van der Waals surface area contributed by atoms with Crippen molar-refractivity contribution < 1.29 is 4.74 Å². The van der Waals surface area contributed by atoms with Crippen LogP contribution >= 0.6 is 15.9 Å². The zero-order chi connectivity index (χ0) is 16.7. The number of rotatable bonds is 4. The monoisotopic (exact) mass is 386 g/mol. The molecule has 4 heteroatoms. The van der Waals surface area contributed by atoms with Gasteiger partial charge in [-0.25, -0.2) is 4.98 Å². The van der Waals surface area contributed by atoms with E-state index >= 15 is 0 Å². The van der Waals surface area contributed by atoms with Crippen LogP contribution in [0.15, 0.2) is 47.1 Å². The van der Waals surface area contributed by atoms with Crippen LogP contribution in [0.25, 0.3) is 0 Å². The summed E-state index contributed by atoms with van der Waals surface area (Å²) < 4.78 is 6.23. The lowest BCUT2D eigenvalue weighted by molar-refractivity contribution is 0.170. The maximum absolute atomic E-state index is 5.29. The molecule has 4 rings (SSSR count). The zero-order valence-corrected chi connectivity index (χ0v) is 15.8. The zero-order valence-electron chi connectivity index (χ0n) is 14.2. The van der Waals surface area contributed by atoms with Crippen molar-refractivity contribution in [3.8, 4) is 5.75 Å². The minimum absolute atomic E-state index is 0.313. The molecule has 1 aromatic heterocycles. The predicted octanol–water partition coefficient (Wildman–Crippen LogP) is 4.94. The van der Waals surface area contributed by atoms with Gasteiger partial charge in [0.05, 0.1) is 7.11 Å². The maximum atomic E-state index is 5.29. The molecule has 3 nitrogen and oxygen atoms in total. The average Bonchev–Trinajstić information content (AvgIpc) is 3.17. The fraction of sp³-hybridized carbons (Fsp3) is 0.450. The molecule has 0 radical (unpaired) electrons. The first kappa shape index (κ1) is 16.1. The Kier molecular flexibility index (Phi) is 4.13. The fourth-order valence-electron chi connectivity index (χ4n) is 4.45. The standard InChI is InChI=1S/C20H23BrN2O/c1-14(15-7-9-16(24-2)10-8-15)23-12-4-11-20(23)13-17(20)18-5-3-6-19(21)22-18/h3,5-10,14,17H,4,11-13H2,1-2H3/t14-,17+,20?/m0/s1. The second kappa shape index (κ2) is 6.16. The van der Waals surface area contributed by atoms with E-state index < -0.39 is 0 Å². The first-order valence-electron chi connectivity index (χ1n) is 8.67. The summed E-state index contributed by atoms with van der Waals surface area (Å²) in [5, 5.41) is 0. The van der Waals surface area contributed by atoms with Gasteiger partial charge in [-0.2, -0.15) is 0 Å². The molecule has 24 heavy (non-hydrogen) atoms. The topological polar surface area (TPSA) is 25.4 Å². The lowest BCUT2D eigenvalue weighted by atomic mass is 10.0. The molecule has 1 aliphatic heterocycles. The van der Waals surface area contributed by atoms with Gasteiger partial charge in [0.1, 0.15) is 10.4 Å². The van der Waals surface area contributed by atoms with Crippen LogP contribution < -0.4 is 4.74 Å². The molecule has 1 unspecified atom stereocenters. The summed E-state index contributed by atoms with van der Waals surface area (Å²) in [4.78, 5) is 7.43. The van der Waals surface area contributed by atoms with Crippen LogP contribution in [0.5, 0.6) is 5.75 Å². The van der Waals surface area contributed by atoms with E-state index in [4.69, 9.17) is 9.72 Å². The van der Waals surface area contributed by atoms with Crippen molar-refractivity contribution in [3.05, 3.63) is 58.3 Å². The van der Waals surface area contributed by atoms with Gasteiger partial charge in [0.15, 0.2) is 0 Å². The van der Waals surface area contributed by atoms with E-state index in [0.717, 1.165) is 10.4 Å². The van der Waals surface area contributed by atoms with Crippen LogP contribution in [0.4, 0.5) is 0 Å². The number of benzene rings is 1. The largest absolute Gasteiger partial charge is 0.497 e. The summed E-state index contributed by atoms with van der Waals surface area (Å²) in [6, 6.07) is 15.2. The molecule has 3 atom stereocenters. The van der Waals surface area contributed by atoms with E-state index in [1.165, 1.54) is 37.1 Å². The minimum atomic E-state index is 0.313. The van der Waals surface area contributed by atoms with Crippen molar-refractivity contribution in [1.29, 1.82) is 0 Å². The van der Waals surface area contributed by atoms with Crippen molar-refractivity contribution in [2.45, 2.75) is 43.7 Å². The molecule has 1 saturated carbocycles. The third kappa shape index (κ3) is 2.66. The molecule has 0 N–H and O–H groups in total. The Morgan fingerprint density at radius 2 is 2.04 bits per heavy atom. The third-order valence-electron chi connectivity index (χ3n) is 5.79. The van der Waals surface area contributed by atoms with Gasteiger partial charge < -0.3 is 4.74 Å². The average molecular weight is 387 g/mol. The number of ether oxygens (including phenoxy) is 1. The molecule has 1 saturated heterocycles. The van der Waals surface area contributed by atoms with Gasteiger partial charge in [0.2, 0.25) is 0 Å². The molecular weight excluding hydrogens is 364 g/mol. The molecule has 2 heterocycles. The van der Waals surface area contributed by atoms with Crippen LogP contribution in [0.1, 0.15) is 49.4 Å². The number of hydrogen-bond acceptors (Lipinski definition) is 3. The van der Waals surface area contributed by atoms with Crippen molar-refractivity contribution in [2.24, 2.45) is 0 Å². The number of nitrogens with zero attached hydrogens (tertiary/aromatic N) is 2. The molecule has 2 fully saturated rings. The third-order valence-corrected chi connectivity index (χ3v) is 6.23. The highest BCUT2D eigenvalue weighted by atomic mass is 79.9. The Bertz CT molecular complexity index is 733. The molecule has 1 spiro atoms. The van der Waals surface area contributed by atoms with Gasteiger partial charge in [-0.1, -0.05) is 18.2 Å². The van der Waals surface area contributed by atoms with Gasteiger partial charge in [0.25, 0.3) is 0 Å².